The average molecular weight is 243 g/mol. The quantitative estimate of drug-likeness (QED) is 0.503. The van der Waals surface area contributed by atoms with Gasteiger partial charge < -0.3 is 5.11 Å². The molecule has 4 nitrogen and oxygen atoms in total. The molecule has 0 aromatic heterocycles. The molecule has 1 unspecified atom stereocenters. The molecular weight excluding hydrogens is 226 g/mol. The van der Waals surface area contributed by atoms with E-state index >= 15 is 0 Å². The van der Waals surface area contributed by atoms with E-state index in [-0.39, 0.29) is 6.61 Å². The standard InChI is InChI=1S/C11H17NO3S/c1-3-5-8-11(7-4-2)12(16(14)15)9-6-10-13/h3-5,7-8,13H,1-2,6,9-10H2,(H,14,15)/b8-5-,11-7+. The number of hydrogen-bond donors (Lipinski definition) is 2. The summed E-state index contributed by atoms with van der Waals surface area (Å²) in [6.45, 7) is 7.33. The van der Waals surface area contributed by atoms with Gasteiger partial charge in [-0.05, 0) is 18.6 Å². The van der Waals surface area contributed by atoms with Crippen molar-refractivity contribution in [3.8, 4) is 0 Å². The Morgan fingerprint density at radius 1 is 1.38 bits per heavy atom. The van der Waals surface area contributed by atoms with Gasteiger partial charge in [-0.15, -0.1) is 0 Å². The van der Waals surface area contributed by atoms with E-state index in [0.29, 0.717) is 18.7 Å². The monoisotopic (exact) mass is 243 g/mol. The van der Waals surface area contributed by atoms with Crippen LogP contribution in [0.4, 0.5) is 0 Å². The first-order valence-corrected chi connectivity index (χ1v) is 5.85. The molecule has 0 amide bonds. The molecule has 90 valence electrons. The summed E-state index contributed by atoms with van der Waals surface area (Å²) >= 11 is -2.12. The third kappa shape index (κ3) is 5.65. The van der Waals surface area contributed by atoms with E-state index in [1.54, 1.807) is 24.3 Å². The van der Waals surface area contributed by atoms with Crippen LogP contribution in [0.25, 0.3) is 0 Å². The van der Waals surface area contributed by atoms with Gasteiger partial charge in [0.1, 0.15) is 0 Å². The molecule has 5 heteroatoms. The van der Waals surface area contributed by atoms with Gasteiger partial charge >= 0.3 is 0 Å². The van der Waals surface area contributed by atoms with Crippen molar-refractivity contribution in [2.75, 3.05) is 13.2 Å². The lowest BCUT2D eigenvalue weighted by Gasteiger charge is -2.20. The molecule has 0 radical (unpaired) electrons. The fraction of sp³-hybridized carbons (Fsp3) is 0.273. The Morgan fingerprint density at radius 2 is 2.06 bits per heavy atom. The van der Waals surface area contributed by atoms with Crippen LogP contribution in [0.5, 0.6) is 0 Å². The van der Waals surface area contributed by atoms with Crippen LogP contribution < -0.4 is 0 Å². The van der Waals surface area contributed by atoms with Gasteiger partial charge in [0.05, 0.1) is 5.70 Å². The Hall–Kier alpha value is -1.17. The molecule has 0 saturated carbocycles. The van der Waals surface area contributed by atoms with Crippen molar-refractivity contribution < 1.29 is 13.9 Å². The van der Waals surface area contributed by atoms with E-state index in [4.69, 9.17) is 9.66 Å². The van der Waals surface area contributed by atoms with Crippen LogP contribution in [0.1, 0.15) is 6.42 Å². The summed E-state index contributed by atoms with van der Waals surface area (Å²) in [6.07, 6.45) is 8.45. The highest BCUT2D eigenvalue weighted by molar-refractivity contribution is 7.76. The summed E-state index contributed by atoms with van der Waals surface area (Å²) < 4.78 is 21.5. The molecule has 0 bridgehead atoms. The van der Waals surface area contributed by atoms with E-state index < -0.39 is 11.3 Å². The zero-order chi connectivity index (χ0) is 12.4. The fourth-order valence-corrected chi connectivity index (χ4v) is 1.61. The molecule has 0 aliphatic heterocycles. The predicted octanol–water partition coefficient (Wildman–Crippen LogP) is 1.62. The third-order valence-corrected chi connectivity index (χ3v) is 2.46. The van der Waals surface area contributed by atoms with Crippen molar-refractivity contribution in [3.05, 3.63) is 49.2 Å². The highest BCUT2D eigenvalue weighted by Gasteiger charge is 2.11. The van der Waals surface area contributed by atoms with Gasteiger partial charge in [-0.25, -0.2) is 4.21 Å². The molecule has 0 fully saturated rings. The second-order valence-corrected chi connectivity index (χ2v) is 3.73. The average Bonchev–Trinajstić information content (AvgIpc) is 2.25. The maximum atomic E-state index is 11.1. The molecule has 1 atom stereocenters. The van der Waals surface area contributed by atoms with Crippen LogP contribution in [0.15, 0.2) is 49.2 Å². The summed E-state index contributed by atoms with van der Waals surface area (Å²) in [4.78, 5) is 0. The third-order valence-electron chi connectivity index (χ3n) is 1.69. The Balaban J connectivity index is 4.86. The Labute approximate surface area is 98.7 Å². The first-order valence-electron chi connectivity index (χ1n) is 4.78. The van der Waals surface area contributed by atoms with Crippen molar-refractivity contribution in [1.29, 1.82) is 0 Å². The van der Waals surface area contributed by atoms with Crippen molar-refractivity contribution in [3.63, 3.8) is 0 Å². The molecular formula is C11H17NO3S. The Bertz CT molecular complexity index is 310. The first kappa shape index (κ1) is 14.8. The van der Waals surface area contributed by atoms with E-state index in [1.807, 2.05) is 0 Å². The number of aliphatic hydroxyl groups excluding tert-OH is 1. The molecule has 0 aliphatic carbocycles. The normalized spacial score (nSPS) is 13.8. The maximum Gasteiger partial charge on any atom is 0.261 e. The largest absolute Gasteiger partial charge is 0.396 e. The fourth-order valence-electron chi connectivity index (χ4n) is 1.02. The highest BCUT2D eigenvalue weighted by atomic mass is 32.2. The minimum Gasteiger partial charge on any atom is -0.396 e. The Morgan fingerprint density at radius 3 is 2.50 bits per heavy atom. The van der Waals surface area contributed by atoms with E-state index in [1.165, 1.54) is 10.4 Å². The van der Waals surface area contributed by atoms with Crippen LogP contribution in [-0.2, 0) is 11.3 Å². The molecule has 0 aliphatic rings. The van der Waals surface area contributed by atoms with Gasteiger partial charge in [-0.3, -0.25) is 8.86 Å². The molecule has 0 saturated heterocycles. The van der Waals surface area contributed by atoms with Crippen LogP contribution in [0.2, 0.25) is 0 Å². The second kappa shape index (κ2) is 9.08. The topological polar surface area (TPSA) is 60.8 Å². The summed E-state index contributed by atoms with van der Waals surface area (Å²) in [6, 6.07) is 0. The lowest BCUT2D eigenvalue weighted by molar-refractivity contribution is 0.276. The van der Waals surface area contributed by atoms with E-state index in [9.17, 15) is 4.21 Å². The van der Waals surface area contributed by atoms with E-state index in [2.05, 4.69) is 13.2 Å². The summed E-state index contributed by atoms with van der Waals surface area (Å²) in [5.74, 6) is 0. The number of allylic oxidation sites excluding steroid dienone is 5. The molecule has 0 heterocycles. The summed E-state index contributed by atoms with van der Waals surface area (Å²) in [5, 5.41) is 8.70. The highest BCUT2D eigenvalue weighted by Crippen LogP contribution is 2.10. The van der Waals surface area contributed by atoms with Gasteiger partial charge in [0.2, 0.25) is 0 Å². The van der Waals surface area contributed by atoms with Crippen LogP contribution in [0, 0.1) is 0 Å². The SMILES string of the molecule is C=C/C=C\C(=C/C=C)N(CCCO)S(=O)O. The van der Waals surface area contributed by atoms with Crippen LogP contribution in [0.3, 0.4) is 0 Å². The zero-order valence-corrected chi connectivity index (χ0v) is 9.90. The lowest BCUT2D eigenvalue weighted by atomic mass is 10.3. The molecule has 0 aromatic carbocycles. The van der Waals surface area contributed by atoms with Gasteiger partial charge in [-0.1, -0.05) is 31.4 Å². The first-order chi connectivity index (χ1) is 7.67. The minimum absolute atomic E-state index is 0.0275. The van der Waals surface area contributed by atoms with Crippen molar-refractivity contribution in [2.45, 2.75) is 6.42 Å². The zero-order valence-electron chi connectivity index (χ0n) is 9.08. The van der Waals surface area contributed by atoms with Crippen LogP contribution in [-0.4, -0.2) is 31.3 Å². The maximum absolute atomic E-state index is 11.1. The molecule has 0 spiro atoms. The van der Waals surface area contributed by atoms with Crippen molar-refractivity contribution in [2.24, 2.45) is 0 Å². The molecule has 0 rings (SSSR count). The Kier molecular flexibility index (Phi) is 8.42. The second-order valence-electron chi connectivity index (χ2n) is 2.83. The van der Waals surface area contributed by atoms with E-state index in [0.717, 1.165) is 0 Å². The van der Waals surface area contributed by atoms with Gasteiger partial charge in [0.25, 0.3) is 11.3 Å². The minimum atomic E-state index is -2.12. The number of nitrogens with zero attached hydrogens (tertiary/aromatic N) is 1. The van der Waals surface area contributed by atoms with Crippen LogP contribution >= 0.6 is 0 Å². The van der Waals surface area contributed by atoms with Crippen molar-refractivity contribution in [1.82, 2.24) is 4.31 Å². The lowest BCUT2D eigenvalue weighted by Crippen LogP contribution is -2.26. The number of hydrogen-bond acceptors (Lipinski definition) is 2. The predicted molar refractivity (Wildman–Crippen MR) is 66.8 cm³/mol. The van der Waals surface area contributed by atoms with Gasteiger partial charge in [0, 0.05) is 13.2 Å². The molecule has 2 N–H and O–H groups in total. The van der Waals surface area contributed by atoms with Crippen molar-refractivity contribution >= 4 is 11.3 Å². The molecule has 16 heavy (non-hydrogen) atoms. The number of rotatable bonds is 8. The smallest absolute Gasteiger partial charge is 0.261 e. The number of aliphatic hydroxyl groups is 1. The molecule has 0 aromatic rings. The van der Waals surface area contributed by atoms with Gasteiger partial charge in [-0.2, -0.15) is 0 Å². The summed E-state index contributed by atoms with van der Waals surface area (Å²) in [7, 11) is 0. The summed E-state index contributed by atoms with van der Waals surface area (Å²) in [5.41, 5.74) is 0.546. The van der Waals surface area contributed by atoms with Gasteiger partial charge in [0.15, 0.2) is 0 Å².